The first-order valence-corrected chi connectivity index (χ1v) is 9.78. The molecule has 0 bridgehead atoms. The summed E-state index contributed by atoms with van der Waals surface area (Å²) in [5, 5.41) is 0.522. The molecular weight excluding hydrogens is 358 g/mol. The second kappa shape index (κ2) is 7.39. The van der Waals surface area contributed by atoms with Crippen molar-refractivity contribution in [1.29, 1.82) is 0 Å². The van der Waals surface area contributed by atoms with Crippen molar-refractivity contribution in [3.63, 3.8) is 0 Å². The highest BCUT2D eigenvalue weighted by Gasteiger charge is 2.13. The SMILES string of the molecule is Cc1nccn1-c1ccccc1CNS(=O)(=O)Cc1cccc(Cl)c1. The van der Waals surface area contributed by atoms with Crippen LogP contribution in [-0.2, 0) is 22.3 Å². The van der Waals surface area contributed by atoms with Gasteiger partial charge in [0.1, 0.15) is 5.82 Å². The number of aryl methyl sites for hydroxylation is 1. The van der Waals surface area contributed by atoms with Crippen LogP contribution in [0, 0.1) is 6.92 Å². The number of hydrogen-bond acceptors (Lipinski definition) is 3. The fourth-order valence-electron chi connectivity index (χ4n) is 2.61. The summed E-state index contributed by atoms with van der Waals surface area (Å²) < 4.78 is 29.3. The first-order valence-electron chi connectivity index (χ1n) is 7.75. The standard InChI is InChI=1S/C18H18ClN3O2S/c1-14-20-9-10-22(14)18-8-3-2-6-16(18)12-21-25(23,24)13-15-5-4-7-17(19)11-15/h2-11,21H,12-13H2,1H3. The van der Waals surface area contributed by atoms with E-state index < -0.39 is 10.0 Å². The minimum atomic E-state index is -3.48. The molecule has 0 spiro atoms. The van der Waals surface area contributed by atoms with E-state index in [9.17, 15) is 8.42 Å². The van der Waals surface area contributed by atoms with E-state index in [1.165, 1.54) is 0 Å². The van der Waals surface area contributed by atoms with E-state index in [1.54, 1.807) is 30.5 Å². The molecule has 25 heavy (non-hydrogen) atoms. The first kappa shape index (κ1) is 17.7. The Kier molecular flexibility index (Phi) is 5.22. The molecule has 0 fully saturated rings. The van der Waals surface area contributed by atoms with E-state index in [0.717, 1.165) is 17.1 Å². The van der Waals surface area contributed by atoms with E-state index in [0.29, 0.717) is 10.6 Å². The monoisotopic (exact) mass is 375 g/mol. The Morgan fingerprint density at radius 3 is 2.68 bits per heavy atom. The lowest BCUT2D eigenvalue weighted by Crippen LogP contribution is -2.25. The molecule has 3 rings (SSSR count). The molecule has 0 aliphatic rings. The molecule has 0 atom stereocenters. The molecule has 130 valence electrons. The average molecular weight is 376 g/mol. The third-order valence-electron chi connectivity index (χ3n) is 3.81. The van der Waals surface area contributed by atoms with Crippen LogP contribution < -0.4 is 4.72 Å². The van der Waals surface area contributed by atoms with Crippen LogP contribution in [0.1, 0.15) is 17.0 Å². The number of aromatic nitrogens is 2. The highest BCUT2D eigenvalue weighted by molar-refractivity contribution is 7.88. The van der Waals surface area contributed by atoms with Gasteiger partial charge in [-0.3, -0.25) is 0 Å². The van der Waals surface area contributed by atoms with Gasteiger partial charge < -0.3 is 4.57 Å². The van der Waals surface area contributed by atoms with Gasteiger partial charge in [-0.15, -0.1) is 0 Å². The molecule has 0 saturated heterocycles. The van der Waals surface area contributed by atoms with Gasteiger partial charge >= 0.3 is 0 Å². The van der Waals surface area contributed by atoms with E-state index in [4.69, 9.17) is 11.6 Å². The second-order valence-electron chi connectivity index (χ2n) is 5.68. The predicted molar refractivity (Wildman–Crippen MR) is 99.2 cm³/mol. The van der Waals surface area contributed by atoms with Gasteiger partial charge in [0.25, 0.3) is 0 Å². The summed E-state index contributed by atoms with van der Waals surface area (Å²) in [6.07, 6.45) is 3.57. The molecule has 0 aliphatic heterocycles. The smallest absolute Gasteiger partial charge is 0.216 e. The molecule has 1 N–H and O–H groups in total. The minimum absolute atomic E-state index is 0.111. The topological polar surface area (TPSA) is 64.0 Å². The van der Waals surface area contributed by atoms with Gasteiger partial charge in [-0.2, -0.15) is 0 Å². The Morgan fingerprint density at radius 2 is 1.96 bits per heavy atom. The lowest BCUT2D eigenvalue weighted by atomic mass is 10.2. The van der Waals surface area contributed by atoms with Crippen molar-refractivity contribution in [2.45, 2.75) is 19.2 Å². The van der Waals surface area contributed by atoms with Gasteiger partial charge in [-0.05, 0) is 36.2 Å². The Balaban J connectivity index is 1.77. The number of hydrogen-bond donors (Lipinski definition) is 1. The van der Waals surface area contributed by atoms with Gasteiger partial charge in [-0.1, -0.05) is 41.9 Å². The number of nitrogens with one attached hydrogen (secondary N) is 1. The van der Waals surface area contributed by atoms with E-state index in [2.05, 4.69) is 9.71 Å². The van der Waals surface area contributed by atoms with Crippen LogP contribution in [0.4, 0.5) is 0 Å². The van der Waals surface area contributed by atoms with Crippen molar-refractivity contribution in [2.75, 3.05) is 0 Å². The lowest BCUT2D eigenvalue weighted by Gasteiger charge is -2.13. The third-order valence-corrected chi connectivity index (χ3v) is 5.34. The Morgan fingerprint density at radius 1 is 1.16 bits per heavy atom. The van der Waals surface area contributed by atoms with Gasteiger partial charge in [-0.25, -0.2) is 18.1 Å². The Labute approximate surface area is 152 Å². The fraction of sp³-hybridized carbons (Fsp3) is 0.167. The van der Waals surface area contributed by atoms with Crippen molar-refractivity contribution in [1.82, 2.24) is 14.3 Å². The molecule has 1 aromatic heterocycles. The second-order valence-corrected chi connectivity index (χ2v) is 7.93. The van der Waals surface area contributed by atoms with Crippen molar-refractivity contribution < 1.29 is 8.42 Å². The maximum absolute atomic E-state index is 12.4. The number of imidazole rings is 1. The number of sulfonamides is 1. The average Bonchev–Trinajstić information content (AvgIpc) is 2.99. The van der Waals surface area contributed by atoms with Crippen LogP contribution in [0.5, 0.6) is 0 Å². The van der Waals surface area contributed by atoms with Crippen LogP contribution in [0.15, 0.2) is 60.9 Å². The molecule has 1 heterocycles. The van der Waals surface area contributed by atoms with Crippen LogP contribution in [0.25, 0.3) is 5.69 Å². The molecule has 3 aromatic rings. The molecule has 0 saturated carbocycles. The van der Waals surface area contributed by atoms with Gasteiger partial charge in [0.15, 0.2) is 0 Å². The van der Waals surface area contributed by atoms with Crippen molar-refractivity contribution in [2.24, 2.45) is 0 Å². The molecule has 5 nitrogen and oxygen atoms in total. The summed E-state index contributed by atoms with van der Waals surface area (Å²) in [5.41, 5.74) is 2.43. The molecule has 2 aromatic carbocycles. The van der Waals surface area contributed by atoms with Crippen molar-refractivity contribution in [3.05, 3.63) is 82.9 Å². The Bertz CT molecular complexity index is 983. The van der Waals surface area contributed by atoms with Crippen LogP contribution >= 0.6 is 11.6 Å². The van der Waals surface area contributed by atoms with E-state index >= 15 is 0 Å². The summed E-state index contributed by atoms with van der Waals surface area (Å²) in [6.45, 7) is 2.11. The highest BCUT2D eigenvalue weighted by atomic mass is 35.5. The summed E-state index contributed by atoms with van der Waals surface area (Å²) >= 11 is 5.92. The zero-order valence-corrected chi connectivity index (χ0v) is 15.3. The molecule has 0 aliphatic carbocycles. The molecule has 0 radical (unpaired) electrons. The molecular formula is C18H18ClN3O2S. The Hall–Kier alpha value is -2.15. The van der Waals surface area contributed by atoms with E-state index in [1.807, 2.05) is 42.0 Å². The third kappa shape index (κ3) is 4.48. The van der Waals surface area contributed by atoms with Gasteiger partial charge in [0.2, 0.25) is 10.0 Å². The number of halogens is 1. The molecule has 0 amide bonds. The zero-order chi connectivity index (χ0) is 17.9. The summed E-state index contributed by atoms with van der Waals surface area (Å²) in [6, 6.07) is 14.5. The highest BCUT2D eigenvalue weighted by Crippen LogP contribution is 2.17. The van der Waals surface area contributed by atoms with Crippen molar-refractivity contribution >= 4 is 21.6 Å². The molecule has 7 heteroatoms. The van der Waals surface area contributed by atoms with Gasteiger partial charge in [0.05, 0.1) is 11.4 Å². The number of rotatable bonds is 6. The number of para-hydroxylation sites is 1. The van der Waals surface area contributed by atoms with E-state index in [-0.39, 0.29) is 12.3 Å². The lowest BCUT2D eigenvalue weighted by molar-refractivity contribution is 0.580. The largest absolute Gasteiger partial charge is 0.304 e. The van der Waals surface area contributed by atoms with Crippen LogP contribution in [0.3, 0.4) is 0 Å². The number of benzene rings is 2. The predicted octanol–water partition coefficient (Wildman–Crippen LogP) is 3.45. The quantitative estimate of drug-likeness (QED) is 0.717. The minimum Gasteiger partial charge on any atom is -0.304 e. The maximum atomic E-state index is 12.4. The normalized spacial score (nSPS) is 11.6. The fourth-order valence-corrected chi connectivity index (χ4v) is 3.92. The van der Waals surface area contributed by atoms with Crippen LogP contribution in [-0.4, -0.2) is 18.0 Å². The summed E-state index contributed by atoms with van der Waals surface area (Å²) in [4.78, 5) is 4.22. The van der Waals surface area contributed by atoms with Crippen LogP contribution in [0.2, 0.25) is 5.02 Å². The maximum Gasteiger partial charge on any atom is 0.216 e. The zero-order valence-electron chi connectivity index (χ0n) is 13.7. The van der Waals surface area contributed by atoms with Crippen molar-refractivity contribution in [3.8, 4) is 5.69 Å². The first-order chi connectivity index (χ1) is 11.9. The summed E-state index contributed by atoms with van der Waals surface area (Å²) in [5.74, 6) is 0.731. The number of nitrogens with zero attached hydrogens (tertiary/aromatic N) is 2. The molecule has 0 unspecified atom stereocenters. The summed E-state index contributed by atoms with van der Waals surface area (Å²) in [7, 11) is -3.48. The van der Waals surface area contributed by atoms with Gasteiger partial charge in [0, 0.05) is 24.0 Å².